The lowest BCUT2D eigenvalue weighted by atomic mass is 10.1. The minimum absolute atomic E-state index is 0.248. The fraction of sp³-hybridized carbons (Fsp3) is 0.0833. The van der Waals surface area contributed by atoms with Crippen LogP contribution in [0.5, 0.6) is 0 Å². The summed E-state index contributed by atoms with van der Waals surface area (Å²) in [5.41, 5.74) is 6.85. The number of nitrogens with two attached hydrogens (primary N) is 1. The summed E-state index contributed by atoms with van der Waals surface area (Å²) < 4.78 is 0. The van der Waals surface area contributed by atoms with Crippen LogP contribution in [-0.2, 0) is 6.42 Å². The molecule has 96 valence electrons. The Hall–Kier alpha value is -2.83. The molecule has 2 aromatic heterocycles. The van der Waals surface area contributed by atoms with E-state index in [0.29, 0.717) is 17.9 Å². The molecule has 0 aliphatic rings. The monoisotopic (exact) mass is 257 g/mol. The molecular weight excluding hydrogens is 246 g/mol. The zero-order valence-corrected chi connectivity index (χ0v) is 9.86. The number of fused-ring (bicyclic) bond motifs is 1. The van der Waals surface area contributed by atoms with Crippen molar-refractivity contribution in [3.05, 3.63) is 56.5 Å². The van der Waals surface area contributed by atoms with Gasteiger partial charge in [-0.25, -0.2) is 9.78 Å². The van der Waals surface area contributed by atoms with Gasteiger partial charge in [0.25, 0.3) is 5.56 Å². The van der Waals surface area contributed by atoms with Gasteiger partial charge in [-0.2, -0.15) is 0 Å². The van der Waals surface area contributed by atoms with Crippen molar-refractivity contribution in [3.63, 3.8) is 0 Å². The van der Waals surface area contributed by atoms with Crippen molar-refractivity contribution in [2.45, 2.75) is 6.42 Å². The van der Waals surface area contributed by atoms with Crippen molar-refractivity contribution < 1.29 is 0 Å². The van der Waals surface area contributed by atoms with Gasteiger partial charge in [-0.3, -0.25) is 14.8 Å². The zero-order valence-electron chi connectivity index (χ0n) is 9.86. The number of benzene rings is 1. The molecule has 0 bridgehead atoms. The third kappa shape index (κ3) is 2.01. The molecule has 7 heteroatoms. The van der Waals surface area contributed by atoms with Gasteiger partial charge in [0.05, 0.1) is 0 Å². The van der Waals surface area contributed by atoms with Crippen LogP contribution >= 0.6 is 0 Å². The maximum Gasteiger partial charge on any atom is 0.327 e. The maximum absolute atomic E-state index is 11.6. The highest BCUT2D eigenvalue weighted by atomic mass is 16.2. The summed E-state index contributed by atoms with van der Waals surface area (Å²) in [5, 5.41) is 0. The molecule has 0 aliphatic heterocycles. The standard InChI is InChI=1S/C12H11N5O2/c13-7-4-2-1-3-6(7)5-8-14-9-10(15-8)16-12(19)17-11(9)18/h1-4H,5,13H2,(H3,14,15,16,17,18,19). The Balaban J connectivity index is 2.08. The lowest BCUT2D eigenvalue weighted by molar-refractivity contribution is 1.03. The van der Waals surface area contributed by atoms with Gasteiger partial charge in [0.2, 0.25) is 0 Å². The molecule has 0 aliphatic carbocycles. The minimum atomic E-state index is -0.574. The summed E-state index contributed by atoms with van der Waals surface area (Å²) in [5.74, 6) is 0.570. The molecule has 19 heavy (non-hydrogen) atoms. The summed E-state index contributed by atoms with van der Waals surface area (Å²) in [7, 11) is 0. The van der Waals surface area contributed by atoms with Crippen molar-refractivity contribution >= 4 is 16.9 Å². The van der Waals surface area contributed by atoms with E-state index in [2.05, 4.69) is 19.9 Å². The summed E-state index contributed by atoms with van der Waals surface area (Å²) in [6.07, 6.45) is 0.461. The number of nitrogen functional groups attached to an aromatic ring is 1. The first-order valence-corrected chi connectivity index (χ1v) is 5.68. The number of aromatic amines is 3. The van der Waals surface area contributed by atoms with E-state index in [1.165, 1.54) is 0 Å². The van der Waals surface area contributed by atoms with E-state index in [1.807, 2.05) is 18.2 Å². The Morgan fingerprint density at radius 2 is 1.89 bits per heavy atom. The first-order valence-electron chi connectivity index (χ1n) is 5.68. The normalized spacial score (nSPS) is 10.9. The van der Waals surface area contributed by atoms with E-state index >= 15 is 0 Å². The number of rotatable bonds is 2. The van der Waals surface area contributed by atoms with Gasteiger partial charge in [-0.1, -0.05) is 18.2 Å². The van der Waals surface area contributed by atoms with Crippen molar-refractivity contribution in [1.29, 1.82) is 0 Å². The van der Waals surface area contributed by atoms with E-state index in [0.717, 1.165) is 5.56 Å². The number of imidazole rings is 1. The van der Waals surface area contributed by atoms with Gasteiger partial charge in [-0.05, 0) is 11.6 Å². The molecule has 1 aromatic carbocycles. The van der Waals surface area contributed by atoms with Gasteiger partial charge in [0, 0.05) is 12.1 Å². The number of nitrogens with one attached hydrogen (secondary N) is 3. The lowest BCUT2D eigenvalue weighted by Crippen LogP contribution is -2.21. The first-order chi connectivity index (χ1) is 9.13. The summed E-state index contributed by atoms with van der Waals surface area (Å²) in [6.45, 7) is 0. The molecule has 5 N–H and O–H groups in total. The first kappa shape index (κ1) is 11.3. The lowest BCUT2D eigenvalue weighted by Gasteiger charge is -2.01. The Labute approximate surface area is 106 Å². The van der Waals surface area contributed by atoms with E-state index in [1.54, 1.807) is 6.07 Å². The predicted molar refractivity (Wildman–Crippen MR) is 71.0 cm³/mol. The molecule has 0 atom stereocenters. The van der Waals surface area contributed by atoms with E-state index in [4.69, 9.17) is 5.73 Å². The number of para-hydroxylation sites is 1. The second-order valence-electron chi connectivity index (χ2n) is 4.19. The van der Waals surface area contributed by atoms with Gasteiger partial charge in [0.1, 0.15) is 11.3 Å². The zero-order chi connectivity index (χ0) is 13.4. The molecule has 0 saturated carbocycles. The second kappa shape index (κ2) is 4.13. The van der Waals surface area contributed by atoms with Crippen LogP contribution in [0.25, 0.3) is 11.2 Å². The summed E-state index contributed by atoms with van der Waals surface area (Å²) in [4.78, 5) is 34.4. The molecule has 0 saturated heterocycles. The molecule has 2 heterocycles. The van der Waals surface area contributed by atoms with Gasteiger partial charge in [0.15, 0.2) is 5.65 Å². The second-order valence-corrected chi connectivity index (χ2v) is 4.19. The average Bonchev–Trinajstić information content (AvgIpc) is 2.75. The SMILES string of the molecule is Nc1ccccc1Cc1nc2[nH]c(=O)[nH]c(=O)c2[nH]1. The summed E-state index contributed by atoms with van der Waals surface area (Å²) in [6, 6.07) is 7.41. The van der Waals surface area contributed by atoms with Crippen LogP contribution in [-0.4, -0.2) is 19.9 Å². The Kier molecular flexibility index (Phi) is 2.45. The molecule has 0 radical (unpaired) electrons. The van der Waals surface area contributed by atoms with Crippen LogP contribution in [0.1, 0.15) is 11.4 Å². The van der Waals surface area contributed by atoms with Crippen LogP contribution < -0.4 is 17.0 Å². The number of H-pyrrole nitrogens is 3. The molecule has 0 fully saturated rings. The van der Waals surface area contributed by atoms with Crippen molar-refractivity contribution in [2.75, 3.05) is 5.73 Å². The molecule has 0 amide bonds. The van der Waals surface area contributed by atoms with Crippen molar-refractivity contribution in [3.8, 4) is 0 Å². The number of hydrogen-bond donors (Lipinski definition) is 4. The third-order valence-electron chi connectivity index (χ3n) is 2.85. The van der Waals surface area contributed by atoms with E-state index in [9.17, 15) is 9.59 Å². The molecular formula is C12H11N5O2. The number of aromatic nitrogens is 4. The predicted octanol–water partition coefficient (Wildman–Crippen LogP) is 0.112. The van der Waals surface area contributed by atoms with Gasteiger partial charge in [-0.15, -0.1) is 0 Å². The van der Waals surface area contributed by atoms with Crippen LogP contribution in [0, 0.1) is 0 Å². The van der Waals surface area contributed by atoms with Crippen molar-refractivity contribution in [2.24, 2.45) is 0 Å². The molecule has 7 nitrogen and oxygen atoms in total. The fourth-order valence-corrected chi connectivity index (χ4v) is 1.94. The fourth-order valence-electron chi connectivity index (χ4n) is 1.94. The van der Waals surface area contributed by atoms with Crippen molar-refractivity contribution in [1.82, 2.24) is 19.9 Å². The van der Waals surface area contributed by atoms with E-state index in [-0.39, 0.29) is 11.2 Å². The highest BCUT2D eigenvalue weighted by Gasteiger charge is 2.09. The van der Waals surface area contributed by atoms with E-state index < -0.39 is 11.2 Å². The smallest absolute Gasteiger partial charge is 0.327 e. The van der Waals surface area contributed by atoms with Crippen LogP contribution in [0.2, 0.25) is 0 Å². The molecule has 0 spiro atoms. The molecule has 3 rings (SSSR count). The third-order valence-corrected chi connectivity index (χ3v) is 2.85. The largest absolute Gasteiger partial charge is 0.398 e. The number of anilines is 1. The van der Waals surface area contributed by atoms with Crippen LogP contribution in [0.4, 0.5) is 5.69 Å². The van der Waals surface area contributed by atoms with Gasteiger partial charge >= 0.3 is 5.69 Å². The minimum Gasteiger partial charge on any atom is -0.398 e. The Bertz CT molecular complexity index is 858. The van der Waals surface area contributed by atoms with Crippen LogP contribution in [0.3, 0.4) is 0 Å². The number of nitrogens with zero attached hydrogens (tertiary/aromatic N) is 1. The molecule has 3 aromatic rings. The topological polar surface area (TPSA) is 120 Å². The Morgan fingerprint density at radius 1 is 1.11 bits per heavy atom. The summed E-state index contributed by atoms with van der Waals surface area (Å²) >= 11 is 0. The highest BCUT2D eigenvalue weighted by molar-refractivity contribution is 5.68. The Morgan fingerprint density at radius 3 is 2.68 bits per heavy atom. The van der Waals surface area contributed by atoms with Crippen LogP contribution in [0.15, 0.2) is 33.9 Å². The molecule has 0 unspecified atom stereocenters. The average molecular weight is 257 g/mol. The maximum atomic E-state index is 11.6. The number of hydrogen-bond acceptors (Lipinski definition) is 4. The quantitative estimate of drug-likeness (QED) is 0.487. The highest BCUT2D eigenvalue weighted by Crippen LogP contribution is 2.14. The van der Waals surface area contributed by atoms with Gasteiger partial charge < -0.3 is 10.7 Å².